The van der Waals surface area contributed by atoms with Gasteiger partial charge in [0.2, 0.25) is 0 Å². The smallest absolute Gasteiger partial charge is 0.129 e. The molecule has 0 amide bonds. The number of halogens is 2. The van der Waals surface area contributed by atoms with Crippen molar-refractivity contribution in [3.63, 3.8) is 0 Å². The quantitative estimate of drug-likeness (QED) is 0.571. The van der Waals surface area contributed by atoms with Crippen molar-refractivity contribution in [1.29, 1.82) is 0 Å². The molecule has 2 N–H and O–H groups in total. The van der Waals surface area contributed by atoms with Crippen LogP contribution in [0.1, 0.15) is 0 Å². The Morgan fingerprint density at radius 2 is 1.76 bits per heavy atom. The lowest BCUT2D eigenvalue weighted by molar-refractivity contribution is 0.782. The summed E-state index contributed by atoms with van der Waals surface area (Å²) in [5.74, 6) is 0.673. The zero-order valence-corrected chi connectivity index (χ0v) is 15.1. The lowest BCUT2D eigenvalue weighted by atomic mass is 10.0. The summed E-state index contributed by atoms with van der Waals surface area (Å²) in [7, 11) is 1.87. The fraction of sp³-hybridized carbons (Fsp3) is 0.0625. The molecule has 0 fully saturated rings. The van der Waals surface area contributed by atoms with Gasteiger partial charge in [-0.25, -0.2) is 0 Å². The summed E-state index contributed by atoms with van der Waals surface area (Å²) >= 11 is 5.79. The van der Waals surface area contributed by atoms with Gasteiger partial charge in [0.1, 0.15) is 11.5 Å². The van der Waals surface area contributed by atoms with Crippen LogP contribution in [0.15, 0.2) is 53.0 Å². The van der Waals surface area contributed by atoms with Crippen molar-refractivity contribution in [2.24, 2.45) is 7.05 Å². The second kappa shape index (κ2) is 5.81. The molecule has 0 saturated heterocycles. The molecule has 0 aliphatic carbocycles. The van der Waals surface area contributed by atoms with Crippen molar-refractivity contribution in [3.8, 4) is 22.4 Å². The first-order valence-corrected chi connectivity index (χ1v) is 8.28. The number of nitrogen functional groups attached to an aromatic ring is 1. The summed E-state index contributed by atoms with van der Waals surface area (Å²) in [5.41, 5.74) is 10.3. The third kappa shape index (κ3) is 2.72. The van der Waals surface area contributed by atoms with E-state index in [2.05, 4.69) is 67.9 Å². The average molecular weight is 454 g/mol. The van der Waals surface area contributed by atoms with Crippen LogP contribution in [-0.2, 0) is 7.05 Å². The Balaban J connectivity index is 2.26. The van der Waals surface area contributed by atoms with Gasteiger partial charge in [0.15, 0.2) is 0 Å². The van der Waals surface area contributed by atoms with Gasteiger partial charge < -0.3 is 5.73 Å². The molecule has 0 spiro atoms. The van der Waals surface area contributed by atoms with Gasteiger partial charge in [0.05, 0.1) is 5.56 Å². The normalized spacial score (nSPS) is 10.8. The first-order valence-electron chi connectivity index (χ1n) is 6.41. The van der Waals surface area contributed by atoms with E-state index in [1.807, 2.05) is 31.3 Å². The predicted molar refractivity (Wildman–Crippen MR) is 98.9 cm³/mol. The number of nitrogens with two attached hydrogens (primary N) is 1. The van der Waals surface area contributed by atoms with Crippen LogP contribution >= 0.6 is 38.5 Å². The lowest BCUT2D eigenvalue weighted by Crippen LogP contribution is -1.97. The molecule has 0 radical (unpaired) electrons. The molecule has 106 valence electrons. The van der Waals surface area contributed by atoms with E-state index in [-0.39, 0.29) is 0 Å². The number of aromatic nitrogens is 2. The molecular formula is C16H13BrIN3. The fourth-order valence-corrected chi connectivity index (χ4v) is 3.19. The Labute approximate surface area is 145 Å². The molecule has 1 aromatic heterocycles. The van der Waals surface area contributed by atoms with E-state index in [9.17, 15) is 0 Å². The van der Waals surface area contributed by atoms with Gasteiger partial charge in [-0.3, -0.25) is 4.68 Å². The molecule has 0 saturated carbocycles. The number of hydrogen-bond donors (Lipinski definition) is 1. The van der Waals surface area contributed by atoms with Gasteiger partial charge in [-0.2, -0.15) is 5.10 Å². The van der Waals surface area contributed by atoms with Crippen LogP contribution < -0.4 is 5.73 Å². The Morgan fingerprint density at radius 1 is 1.10 bits per heavy atom. The zero-order chi connectivity index (χ0) is 15.0. The second-order valence-corrected chi connectivity index (χ2v) is 6.80. The summed E-state index contributed by atoms with van der Waals surface area (Å²) < 4.78 is 3.94. The van der Waals surface area contributed by atoms with E-state index in [1.54, 1.807) is 4.68 Å². The van der Waals surface area contributed by atoms with E-state index >= 15 is 0 Å². The molecule has 0 aliphatic rings. The molecule has 5 heteroatoms. The Morgan fingerprint density at radius 3 is 2.43 bits per heavy atom. The number of rotatable bonds is 2. The summed E-state index contributed by atoms with van der Waals surface area (Å²) in [6.07, 6.45) is 0. The van der Waals surface area contributed by atoms with Crippen LogP contribution in [0, 0.1) is 3.57 Å². The fourth-order valence-electron chi connectivity index (χ4n) is 2.28. The van der Waals surface area contributed by atoms with Crippen LogP contribution in [0.4, 0.5) is 5.82 Å². The molecule has 1 heterocycles. The van der Waals surface area contributed by atoms with Crippen LogP contribution in [0.25, 0.3) is 22.4 Å². The summed E-state index contributed by atoms with van der Waals surface area (Å²) in [6, 6.07) is 16.3. The van der Waals surface area contributed by atoms with Crippen molar-refractivity contribution in [2.45, 2.75) is 0 Å². The predicted octanol–water partition coefficient (Wildman–Crippen LogP) is 4.70. The minimum atomic E-state index is 0.673. The molecule has 3 nitrogen and oxygen atoms in total. The Kier molecular flexibility index (Phi) is 4.03. The molecule has 3 aromatic rings. The van der Waals surface area contributed by atoms with Crippen LogP contribution in [0.5, 0.6) is 0 Å². The Hall–Kier alpha value is -1.34. The molecule has 3 rings (SSSR count). The van der Waals surface area contributed by atoms with E-state index in [0.29, 0.717) is 5.82 Å². The molecule has 21 heavy (non-hydrogen) atoms. The number of anilines is 1. The highest BCUT2D eigenvalue weighted by atomic mass is 127. The minimum absolute atomic E-state index is 0.673. The van der Waals surface area contributed by atoms with Crippen LogP contribution in [0.3, 0.4) is 0 Å². The lowest BCUT2D eigenvalue weighted by Gasteiger charge is -2.06. The number of aryl methyl sites for hydroxylation is 1. The van der Waals surface area contributed by atoms with Gasteiger partial charge in [-0.1, -0.05) is 46.3 Å². The number of benzene rings is 2. The monoisotopic (exact) mass is 453 g/mol. The van der Waals surface area contributed by atoms with Crippen molar-refractivity contribution in [3.05, 3.63) is 56.6 Å². The minimum Gasteiger partial charge on any atom is -0.383 e. The van der Waals surface area contributed by atoms with Gasteiger partial charge in [-0.05, 0) is 46.4 Å². The zero-order valence-electron chi connectivity index (χ0n) is 11.3. The SMILES string of the molecule is Cn1nc(-c2ccccc2I)c(-c2ccc(Br)cc2)c1N. The molecule has 2 aromatic carbocycles. The summed E-state index contributed by atoms with van der Waals surface area (Å²) in [5, 5.41) is 4.62. The van der Waals surface area contributed by atoms with Gasteiger partial charge in [0.25, 0.3) is 0 Å². The Bertz CT molecular complexity index is 794. The van der Waals surface area contributed by atoms with Crippen LogP contribution in [-0.4, -0.2) is 9.78 Å². The highest BCUT2D eigenvalue weighted by Crippen LogP contribution is 2.37. The maximum absolute atomic E-state index is 6.25. The standard InChI is InChI=1S/C16H13BrIN3/c1-21-16(19)14(10-6-8-11(17)9-7-10)15(20-21)12-4-2-3-5-13(12)18/h2-9H,19H2,1H3. The molecule has 0 bridgehead atoms. The highest BCUT2D eigenvalue weighted by molar-refractivity contribution is 14.1. The van der Waals surface area contributed by atoms with Crippen molar-refractivity contribution in [1.82, 2.24) is 9.78 Å². The third-order valence-electron chi connectivity index (χ3n) is 3.35. The maximum atomic E-state index is 6.25. The van der Waals surface area contributed by atoms with Gasteiger partial charge in [-0.15, -0.1) is 0 Å². The third-order valence-corrected chi connectivity index (χ3v) is 4.82. The van der Waals surface area contributed by atoms with Crippen molar-refractivity contribution >= 4 is 44.3 Å². The summed E-state index contributed by atoms with van der Waals surface area (Å²) in [6.45, 7) is 0. The number of nitrogens with zero attached hydrogens (tertiary/aromatic N) is 2. The van der Waals surface area contributed by atoms with Crippen LogP contribution in [0.2, 0.25) is 0 Å². The van der Waals surface area contributed by atoms with E-state index in [4.69, 9.17) is 5.73 Å². The van der Waals surface area contributed by atoms with E-state index in [0.717, 1.165) is 30.4 Å². The first-order chi connectivity index (χ1) is 10.1. The van der Waals surface area contributed by atoms with Gasteiger partial charge in [0, 0.05) is 20.7 Å². The molecule has 0 aliphatic heterocycles. The van der Waals surface area contributed by atoms with Crippen molar-refractivity contribution < 1.29 is 0 Å². The molecule has 0 unspecified atom stereocenters. The van der Waals surface area contributed by atoms with E-state index in [1.165, 1.54) is 0 Å². The topological polar surface area (TPSA) is 43.8 Å². The van der Waals surface area contributed by atoms with E-state index < -0.39 is 0 Å². The van der Waals surface area contributed by atoms with Gasteiger partial charge >= 0.3 is 0 Å². The highest BCUT2D eigenvalue weighted by Gasteiger charge is 2.18. The second-order valence-electron chi connectivity index (χ2n) is 4.72. The average Bonchev–Trinajstić information content (AvgIpc) is 2.76. The molecule has 0 atom stereocenters. The molecular weight excluding hydrogens is 441 g/mol. The number of hydrogen-bond acceptors (Lipinski definition) is 2. The van der Waals surface area contributed by atoms with Crippen molar-refractivity contribution in [2.75, 3.05) is 5.73 Å². The first kappa shape index (κ1) is 14.6. The largest absolute Gasteiger partial charge is 0.383 e. The summed E-state index contributed by atoms with van der Waals surface area (Å²) in [4.78, 5) is 0. The maximum Gasteiger partial charge on any atom is 0.129 e.